The van der Waals surface area contributed by atoms with E-state index in [-0.39, 0.29) is 11.4 Å². The summed E-state index contributed by atoms with van der Waals surface area (Å²) in [6, 6.07) is 2.22. The minimum absolute atomic E-state index is 0.0677. The highest BCUT2D eigenvalue weighted by molar-refractivity contribution is 5.60. The third kappa shape index (κ3) is 2.55. The first-order valence-electron chi connectivity index (χ1n) is 5.19. The van der Waals surface area contributed by atoms with Crippen LogP contribution in [0.15, 0.2) is 12.1 Å². The molecule has 0 aliphatic rings. The SMILES string of the molecule is COc1c([N+](=O)[O-])cc([N+](=O)[O-])cc1C(C)(C)C. The van der Waals surface area contributed by atoms with Gasteiger partial charge in [0.25, 0.3) is 5.69 Å². The summed E-state index contributed by atoms with van der Waals surface area (Å²) in [5, 5.41) is 21.7. The molecular formula is C11H14N2O5. The van der Waals surface area contributed by atoms with Gasteiger partial charge < -0.3 is 4.74 Å². The lowest BCUT2D eigenvalue weighted by atomic mass is 9.85. The lowest BCUT2D eigenvalue weighted by Crippen LogP contribution is -2.14. The van der Waals surface area contributed by atoms with Crippen LogP contribution in [0.4, 0.5) is 11.4 Å². The molecule has 1 aromatic rings. The zero-order valence-corrected chi connectivity index (χ0v) is 10.6. The Balaban J connectivity index is 3.67. The number of methoxy groups -OCH3 is 1. The number of benzene rings is 1. The number of nitro benzene ring substituents is 2. The zero-order valence-electron chi connectivity index (χ0n) is 10.6. The van der Waals surface area contributed by atoms with Gasteiger partial charge in [0.1, 0.15) is 0 Å². The van der Waals surface area contributed by atoms with Gasteiger partial charge in [0.2, 0.25) is 5.75 Å². The van der Waals surface area contributed by atoms with Gasteiger partial charge in [-0.1, -0.05) is 20.8 Å². The molecule has 7 nitrogen and oxygen atoms in total. The molecule has 1 aromatic carbocycles. The van der Waals surface area contributed by atoms with Crippen LogP contribution >= 0.6 is 0 Å². The molecule has 0 heterocycles. The molecule has 0 spiro atoms. The van der Waals surface area contributed by atoms with Gasteiger partial charge in [0.15, 0.2) is 0 Å². The van der Waals surface area contributed by atoms with E-state index in [1.807, 2.05) is 0 Å². The van der Waals surface area contributed by atoms with Crippen molar-refractivity contribution in [3.63, 3.8) is 0 Å². The number of nitro groups is 2. The van der Waals surface area contributed by atoms with Crippen molar-refractivity contribution in [1.29, 1.82) is 0 Å². The Kier molecular flexibility index (Phi) is 3.54. The summed E-state index contributed by atoms with van der Waals surface area (Å²) in [4.78, 5) is 20.4. The summed E-state index contributed by atoms with van der Waals surface area (Å²) in [5.41, 5.74) is -0.766. The minimum Gasteiger partial charge on any atom is -0.490 e. The predicted molar refractivity (Wildman–Crippen MR) is 65.0 cm³/mol. The van der Waals surface area contributed by atoms with Crippen LogP contribution in [0, 0.1) is 20.2 Å². The fourth-order valence-electron chi connectivity index (χ4n) is 1.61. The van der Waals surface area contributed by atoms with Gasteiger partial charge in [-0.15, -0.1) is 0 Å². The van der Waals surface area contributed by atoms with Crippen LogP contribution in [0.25, 0.3) is 0 Å². The van der Waals surface area contributed by atoms with Gasteiger partial charge in [-0.3, -0.25) is 20.2 Å². The second-order valence-electron chi connectivity index (χ2n) is 4.81. The summed E-state index contributed by atoms with van der Waals surface area (Å²) >= 11 is 0. The summed E-state index contributed by atoms with van der Waals surface area (Å²) in [7, 11) is 1.31. The molecule has 1 rings (SSSR count). The molecule has 98 valence electrons. The number of non-ortho nitro benzene ring substituents is 1. The fraction of sp³-hybridized carbons (Fsp3) is 0.455. The highest BCUT2D eigenvalue weighted by Gasteiger charge is 2.30. The first-order valence-corrected chi connectivity index (χ1v) is 5.19. The average Bonchev–Trinajstić information content (AvgIpc) is 2.25. The Labute approximate surface area is 104 Å². The first kappa shape index (κ1) is 13.9. The smallest absolute Gasteiger partial charge is 0.318 e. The molecule has 0 amide bonds. The molecule has 7 heteroatoms. The van der Waals surface area contributed by atoms with Crippen molar-refractivity contribution < 1.29 is 14.6 Å². The fourth-order valence-corrected chi connectivity index (χ4v) is 1.61. The van der Waals surface area contributed by atoms with Crippen molar-refractivity contribution >= 4 is 11.4 Å². The molecular weight excluding hydrogens is 240 g/mol. The van der Waals surface area contributed by atoms with Gasteiger partial charge in [-0.05, 0) is 5.41 Å². The van der Waals surface area contributed by atoms with Crippen LogP contribution in [0.1, 0.15) is 26.3 Å². The molecule has 0 radical (unpaired) electrons. The molecule has 0 saturated carbocycles. The molecule has 0 N–H and O–H groups in total. The standard InChI is InChI=1S/C11H14N2O5/c1-11(2,3)8-5-7(12(14)15)6-9(13(16)17)10(8)18-4/h5-6H,1-4H3. The minimum atomic E-state index is -0.679. The van der Waals surface area contributed by atoms with Crippen molar-refractivity contribution in [2.24, 2.45) is 0 Å². The van der Waals surface area contributed by atoms with Crippen molar-refractivity contribution in [3.8, 4) is 5.75 Å². The third-order valence-corrected chi connectivity index (χ3v) is 2.47. The van der Waals surface area contributed by atoms with E-state index in [2.05, 4.69) is 0 Å². The van der Waals surface area contributed by atoms with Crippen LogP contribution in [0.5, 0.6) is 5.75 Å². The topological polar surface area (TPSA) is 95.5 Å². The Morgan fingerprint density at radius 3 is 2.00 bits per heavy atom. The Bertz CT molecular complexity index is 505. The van der Waals surface area contributed by atoms with Crippen LogP contribution in [0.3, 0.4) is 0 Å². The highest BCUT2D eigenvalue weighted by atomic mass is 16.6. The van der Waals surface area contributed by atoms with Crippen molar-refractivity contribution in [2.75, 3.05) is 7.11 Å². The summed E-state index contributed by atoms with van der Waals surface area (Å²) in [5.74, 6) is 0.0677. The van der Waals surface area contributed by atoms with Crippen molar-refractivity contribution in [1.82, 2.24) is 0 Å². The number of hydrogen-bond acceptors (Lipinski definition) is 5. The van der Waals surface area contributed by atoms with E-state index < -0.39 is 20.9 Å². The highest BCUT2D eigenvalue weighted by Crippen LogP contribution is 2.41. The molecule has 0 saturated heterocycles. The number of hydrogen-bond donors (Lipinski definition) is 0. The maximum absolute atomic E-state index is 10.9. The molecule has 0 aromatic heterocycles. The maximum Gasteiger partial charge on any atom is 0.318 e. The molecule has 0 unspecified atom stereocenters. The Hall–Kier alpha value is -2.18. The Morgan fingerprint density at radius 1 is 1.11 bits per heavy atom. The molecule has 18 heavy (non-hydrogen) atoms. The molecule has 0 aliphatic heterocycles. The van der Waals surface area contributed by atoms with Crippen LogP contribution in [-0.4, -0.2) is 17.0 Å². The van der Waals surface area contributed by atoms with Gasteiger partial charge >= 0.3 is 5.69 Å². The molecule has 0 aliphatic carbocycles. The van der Waals surface area contributed by atoms with E-state index in [9.17, 15) is 20.2 Å². The van der Waals surface area contributed by atoms with Gasteiger partial charge in [-0.25, -0.2) is 0 Å². The van der Waals surface area contributed by atoms with E-state index in [0.29, 0.717) is 5.56 Å². The monoisotopic (exact) mass is 254 g/mol. The van der Waals surface area contributed by atoms with Crippen LogP contribution in [-0.2, 0) is 5.41 Å². The normalized spacial score (nSPS) is 11.1. The lowest BCUT2D eigenvalue weighted by molar-refractivity contribution is -0.394. The van der Waals surface area contributed by atoms with Crippen LogP contribution in [0.2, 0.25) is 0 Å². The molecule has 0 atom stereocenters. The lowest BCUT2D eigenvalue weighted by Gasteiger charge is -2.21. The van der Waals surface area contributed by atoms with Crippen LogP contribution < -0.4 is 4.74 Å². The zero-order chi connectivity index (χ0) is 14.1. The summed E-state index contributed by atoms with van der Waals surface area (Å²) < 4.78 is 5.03. The van der Waals surface area contributed by atoms with E-state index in [0.717, 1.165) is 6.07 Å². The van der Waals surface area contributed by atoms with E-state index >= 15 is 0 Å². The number of ether oxygens (including phenoxy) is 1. The van der Waals surface area contributed by atoms with E-state index in [1.165, 1.54) is 13.2 Å². The third-order valence-electron chi connectivity index (χ3n) is 2.47. The van der Waals surface area contributed by atoms with Gasteiger partial charge in [0, 0.05) is 11.6 Å². The maximum atomic E-state index is 10.9. The number of nitrogens with zero attached hydrogens (tertiary/aromatic N) is 2. The quantitative estimate of drug-likeness (QED) is 0.610. The predicted octanol–water partition coefficient (Wildman–Crippen LogP) is 2.81. The molecule has 0 fully saturated rings. The average molecular weight is 254 g/mol. The van der Waals surface area contributed by atoms with Gasteiger partial charge in [-0.2, -0.15) is 0 Å². The second-order valence-corrected chi connectivity index (χ2v) is 4.81. The largest absolute Gasteiger partial charge is 0.490 e. The van der Waals surface area contributed by atoms with Crippen molar-refractivity contribution in [3.05, 3.63) is 37.9 Å². The van der Waals surface area contributed by atoms with E-state index in [4.69, 9.17) is 4.74 Å². The summed E-state index contributed by atoms with van der Waals surface area (Å²) in [6.07, 6.45) is 0. The summed E-state index contributed by atoms with van der Waals surface area (Å²) in [6.45, 7) is 5.41. The van der Waals surface area contributed by atoms with Crippen molar-refractivity contribution in [2.45, 2.75) is 26.2 Å². The van der Waals surface area contributed by atoms with E-state index in [1.54, 1.807) is 20.8 Å². The Morgan fingerprint density at radius 2 is 1.67 bits per heavy atom. The second kappa shape index (κ2) is 4.59. The van der Waals surface area contributed by atoms with Gasteiger partial charge in [0.05, 0.1) is 23.0 Å². The first-order chi connectivity index (χ1) is 8.18. The number of rotatable bonds is 3. The molecule has 0 bridgehead atoms.